The van der Waals surface area contributed by atoms with E-state index in [0.29, 0.717) is 11.5 Å². The average molecular weight is 510 g/mol. The van der Waals surface area contributed by atoms with Crippen molar-refractivity contribution in [2.45, 2.75) is 109 Å². The molecule has 0 bridgehead atoms. The van der Waals surface area contributed by atoms with E-state index in [9.17, 15) is 9.59 Å². The lowest BCUT2D eigenvalue weighted by Gasteiger charge is -2.38. The predicted octanol–water partition coefficient (Wildman–Crippen LogP) is 6.22. The highest BCUT2D eigenvalue weighted by Gasteiger charge is 2.53. The van der Waals surface area contributed by atoms with Crippen molar-refractivity contribution in [3.05, 3.63) is 59.2 Å². The Bertz CT molecular complexity index is 1020. The number of carbonyl (C=O) groups excluding carboxylic acids is 2. The van der Waals surface area contributed by atoms with E-state index in [1.165, 1.54) is 12.5 Å². The minimum atomic E-state index is -0.460. The molecular formula is C31H43NO5. The van der Waals surface area contributed by atoms with Crippen molar-refractivity contribution in [1.82, 2.24) is 5.32 Å². The van der Waals surface area contributed by atoms with Gasteiger partial charge in [0, 0.05) is 36.9 Å². The van der Waals surface area contributed by atoms with Gasteiger partial charge in [-0.1, -0.05) is 42.0 Å². The molecule has 2 heterocycles. The summed E-state index contributed by atoms with van der Waals surface area (Å²) in [6.45, 7) is 10.5. The van der Waals surface area contributed by atoms with Crippen LogP contribution in [0, 0.1) is 5.92 Å². The number of nitrogens with one attached hydrogen (secondary N) is 1. The van der Waals surface area contributed by atoms with E-state index < -0.39 is 6.10 Å². The third kappa shape index (κ3) is 7.78. The molecule has 6 heteroatoms. The lowest BCUT2D eigenvalue weighted by Crippen LogP contribution is -2.43. The van der Waals surface area contributed by atoms with Gasteiger partial charge in [-0.15, -0.1) is 0 Å². The van der Waals surface area contributed by atoms with Crippen LogP contribution >= 0.6 is 0 Å². The summed E-state index contributed by atoms with van der Waals surface area (Å²) in [5, 5.41) is 3.21. The molecule has 1 amide bonds. The molecule has 202 valence electrons. The zero-order valence-electron chi connectivity index (χ0n) is 23.0. The molecule has 3 atom stereocenters. The SMILES string of the molecule is CC(=O)O[C@@H](C)c1ccccc1C(=O)NC1CCC(C/C=C(C)/C=C/[C@@H]2C[C@]3(CO3)CC(C)(C)O2)CC1. The van der Waals surface area contributed by atoms with Gasteiger partial charge in [-0.2, -0.15) is 0 Å². The first-order chi connectivity index (χ1) is 17.5. The van der Waals surface area contributed by atoms with Crippen molar-refractivity contribution in [2.75, 3.05) is 6.61 Å². The van der Waals surface area contributed by atoms with E-state index in [1.54, 1.807) is 13.0 Å². The normalized spacial score (nSPS) is 30.2. The Morgan fingerprint density at radius 1 is 1.16 bits per heavy atom. The molecule has 3 aliphatic rings. The zero-order chi connectivity index (χ0) is 26.6. The van der Waals surface area contributed by atoms with E-state index in [-0.39, 0.29) is 35.2 Å². The number of carbonyl (C=O) groups is 2. The number of hydrogen-bond acceptors (Lipinski definition) is 5. The Labute approximate surface area is 221 Å². The van der Waals surface area contributed by atoms with E-state index in [0.717, 1.165) is 57.1 Å². The maximum Gasteiger partial charge on any atom is 0.303 e. The highest BCUT2D eigenvalue weighted by molar-refractivity contribution is 5.96. The van der Waals surface area contributed by atoms with Crippen LogP contribution in [0.25, 0.3) is 0 Å². The second-order valence-corrected chi connectivity index (χ2v) is 11.8. The molecule has 1 saturated carbocycles. The number of epoxide rings is 1. The van der Waals surface area contributed by atoms with Crippen molar-refractivity contribution in [3.8, 4) is 0 Å². The Balaban J connectivity index is 1.23. The fraction of sp³-hybridized carbons (Fsp3) is 0.613. The van der Waals surface area contributed by atoms with Gasteiger partial charge >= 0.3 is 5.97 Å². The lowest BCUT2D eigenvalue weighted by molar-refractivity contribution is -0.145. The van der Waals surface area contributed by atoms with Crippen LogP contribution in [0.4, 0.5) is 0 Å². The van der Waals surface area contributed by atoms with Crippen molar-refractivity contribution < 1.29 is 23.8 Å². The van der Waals surface area contributed by atoms with Gasteiger partial charge in [-0.3, -0.25) is 9.59 Å². The number of benzene rings is 1. The number of hydrogen-bond donors (Lipinski definition) is 1. The molecule has 1 spiro atoms. The fourth-order valence-electron chi connectivity index (χ4n) is 5.99. The summed E-state index contributed by atoms with van der Waals surface area (Å²) in [7, 11) is 0. The van der Waals surface area contributed by atoms with Crippen LogP contribution in [-0.4, -0.2) is 41.8 Å². The first-order valence-corrected chi connectivity index (χ1v) is 13.8. The van der Waals surface area contributed by atoms with Crippen LogP contribution in [0.3, 0.4) is 0 Å². The highest BCUT2D eigenvalue weighted by atomic mass is 16.6. The minimum Gasteiger partial charge on any atom is -0.458 e. The predicted molar refractivity (Wildman–Crippen MR) is 144 cm³/mol. The first-order valence-electron chi connectivity index (χ1n) is 13.8. The number of rotatable bonds is 8. The van der Waals surface area contributed by atoms with Crippen molar-refractivity contribution in [3.63, 3.8) is 0 Å². The second-order valence-electron chi connectivity index (χ2n) is 11.8. The molecule has 6 nitrogen and oxygen atoms in total. The molecule has 1 aromatic carbocycles. The molecule has 1 aliphatic carbocycles. The average Bonchev–Trinajstić information content (AvgIpc) is 3.58. The summed E-state index contributed by atoms with van der Waals surface area (Å²) in [6.07, 6.45) is 13.5. The molecule has 2 saturated heterocycles. The Morgan fingerprint density at radius 3 is 2.54 bits per heavy atom. The fourth-order valence-corrected chi connectivity index (χ4v) is 5.99. The van der Waals surface area contributed by atoms with Crippen LogP contribution in [0.15, 0.2) is 48.1 Å². The Kier molecular flexibility index (Phi) is 8.59. The Hall–Kier alpha value is -2.44. The molecule has 2 aliphatic heterocycles. The van der Waals surface area contributed by atoms with Gasteiger partial charge in [-0.05, 0) is 71.8 Å². The largest absolute Gasteiger partial charge is 0.458 e. The molecule has 0 aromatic heterocycles. The van der Waals surface area contributed by atoms with Crippen molar-refractivity contribution in [1.29, 1.82) is 0 Å². The summed E-state index contributed by atoms with van der Waals surface area (Å²) in [4.78, 5) is 24.4. The summed E-state index contributed by atoms with van der Waals surface area (Å²) in [5.74, 6) is 0.194. The number of ether oxygens (including phenoxy) is 3. The van der Waals surface area contributed by atoms with Crippen LogP contribution in [0.5, 0.6) is 0 Å². The smallest absolute Gasteiger partial charge is 0.303 e. The molecule has 4 rings (SSSR count). The topological polar surface area (TPSA) is 77.2 Å². The zero-order valence-corrected chi connectivity index (χ0v) is 23.0. The lowest BCUT2D eigenvalue weighted by atomic mass is 9.83. The minimum absolute atomic E-state index is 0.0467. The van der Waals surface area contributed by atoms with E-state index >= 15 is 0 Å². The van der Waals surface area contributed by atoms with E-state index in [2.05, 4.69) is 44.3 Å². The molecule has 1 N–H and O–H groups in total. The maximum absolute atomic E-state index is 13.0. The van der Waals surface area contributed by atoms with Gasteiger partial charge in [0.05, 0.1) is 23.9 Å². The van der Waals surface area contributed by atoms with Gasteiger partial charge in [0.2, 0.25) is 0 Å². The maximum atomic E-state index is 13.0. The van der Waals surface area contributed by atoms with Gasteiger partial charge in [0.1, 0.15) is 6.10 Å². The van der Waals surface area contributed by atoms with Gasteiger partial charge in [0.15, 0.2) is 0 Å². The van der Waals surface area contributed by atoms with Crippen molar-refractivity contribution in [2.24, 2.45) is 5.92 Å². The second kappa shape index (κ2) is 11.5. The molecule has 1 aromatic rings. The monoisotopic (exact) mass is 509 g/mol. The van der Waals surface area contributed by atoms with E-state index in [4.69, 9.17) is 14.2 Å². The van der Waals surface area contributed by atoms with Crippen LogP contribution in [0.2, 0.25) is 0 Å². The number of esters is 1. The summed E-state index contributed by atoms with van der Waals surface area (Å²) in [6, 6.07) is 7.53. The summed E-state index contributed by atoms with van der Waals surface area (Å²) >= 11 is 0. The molecular weight excluding hydrogens is 466 g/mol. The standard InChI is InChI=1S/C31H43NO5/c1-21(11-17-26-18-31(20-35-31)19-30(4,5)37-26)10-12-24-13-15-25(16-14-24)32-29(34)28-9-7-6-8-27(28)22(2)36-23(3)33/h6-11,17,22,24-26H,12-16,18-20H2,1-5H3,(H,32,34)/b17-11+,21-10+/t22-,24?,25?,26+,31+/m0/s1. The van der Waals surface area contributed by atoms with Crippen molar-refractivity contribution >= 4 is 11.9 Å². The van der Waals surface area contributed by atoms with Crippen LogP contribution < -0.4 is 5.32 Å². The summed E-state index contributed by atoms with van der Waals surface area (Å²) in [5.41, 5.74) is 2.49. The summed E-state index contributed by atoms with van der Waals surface area (Å²) < 4.78 is 17.3. The molecule has 0 radical (unpaired) electrons. The van der Waals surface area contributed by atoms with Crippen LogP contribution in [0.1, 0.15) is 102 Å². The Morgan fingerprint density at radius 2 is 1.86 bits per heavy atom. The van der Waals surface area contributed by atoms with Gasteiger partial charge in [-0.25, -0.2) is 0 Å². The third-order valence-corrected chi connectivity index (χ3v) is 7.86. The third-order valence-electron chi connectivity index (χ3n) is 7.86. The van der Waals surface area contributed by atoms with Gasteiger partial charge in [0.25, 0.3) is 5.91 Å². The number of amides is 1. The van der Waals surface area contributed by atoms with E-state index in [1.807, 2.05) is 18.2 Å². The molecule has 37 heavy (non-hydrogen) atoms. The number of allylic oxidation sites excluding steroid dienone is 3. The van der Waals surface area contributed by atoms with Gasteiger partial charge < -0.3 is 19.5 Å². The van der Waals surface area contributed by atoms with Crippen LogP contribution in [-0.2, 0) is 19.0 Å². The first kappa shape index (κ1) is 27.6. The highest BCUT2D eigenvalue weighted by Crippen LogP contribution is 2.46. The quantitative estimate of drug-likeness (QED) is 0.256. The molecule has 3 fully saturated rings. The molecule has 0 unspecified atom stereocenters.